The first kappa shape index (κ1) is 19.0. The van der Waals surface area contributed by atoms with Crippen LogP contribution in [0.5, 0.6) is 0 Å². The lowest BCUT2D eigenvalue weighted by atomic mass is 9.87. The number of carbonyl (C=O) groups is 2. The van der Waals surface area contributed by atoms with Crippen LogP contribution in [-0.2, 0) is 11.2 Å². The van der Waals surface area contributed by atoms with Crippen LogP contribution in [0.1, 0.15) is 49.3 Å². The van der Waals surface area contributed by atoms with Gasteiger partial charge in [0.1, 0.15) is 0 Å². The number of amides is 1. The van der Waals surface area contributed by atoms with Gasteiger partial charge < -0.3 is 15.5 Å². The normalized spacial score (nSPS) is 20.1. The van der Waals surface area contributed by atoms with Gasteiger partial charge in [-0.2, -0.15) is 0 Å². The van der Waals surface area contributed by atoms with Crippen LogP contribution in [-0.4, -0.2) is 28.3 Å². The zero-order chi connectivity index (χ0) is 17.4. The average molecular weight is 321 g/mol. The summed E-state index contributed by atoms with van der Waals surface area (Å²) >= 11 is 0. The van der Waals surface area contributed by atoms with E-state index < -0.39 is 6.16 Å². The van der Waals surface area contributed by atoms with E-state index in [1.807, 2.05) is 0 Å². The summed E-state index contributed by atoms with van der Waals surface area (Å²) in [5.41, 5.74) is 3.61. The predicted molar refractivity (Wildman–Crippen MR) is 89.8 cm³/mol. The number of rotatable bonds is 3. The molecule has 0 saturated heterocycles. The fourth-order valence-corrected chi connectivity index (χ4v) is 3.06. The maximum absolute atomic E-state index is 12.1. The second kappa shape index (κ2) is 9.18. The van der Waals surface area contributed by atoms with E-state index in [0.717, 1.165) is 24.3 Å². The SMILES string of the molecule is Cc1ccc(CC(=O)NC2CCCC(C)C2)c(C)c1.O=C(O)O. The third-order valence-corrected chi connectivity index (χ3v) is 4.15. The molecule has 3 N–H and O–H groups in total. The largest absolute Gasteiger partial charge is 0.503 e. The van der Waals surface area contributed by atoms with Crippen molar-refractivity contribution in [1.82, 2.24) is 5.32 Å². The van der Waals surface area contributed by atoms with E-state index in [9.17, 15) is 4.79 Å². The molecule has 1 aromatic rings. The van der Waals surface area contributed by atoms with Gasteiger partial charge in [-0.3, -0.25) is 4.79 Å². The van der Waals surface area contributed by atoms with Gasteiger partial charge in [0, 0.05) is 6.04 Å². The van der Waals surface area contributed by atoms with E-state index in [-0.39, 0.29) is 5.91 Å². The lowest BCUT2D eigenvalue weighted by molar-refractivity contribution is -0.121. The summed E-state index contributed by atoms with van der Waals surface area (Å²) in [5, 5.41) is 17.1. The van der Waals surface area contributed by atoms with Crippen molar-refractivity contribution in [3.05, 3.63) is 34.9 Å². The van der Waals surface area contributed by atoms with Crippen molar-refractivity contribution in [1.29, 1.82) is 0 Å². The van der Waals surface area contributed by atoms with E-state index in [4.69, 9.17) is 15.0 Å². The Labute approximate surface area is 137 Å². The number of nitrogens with one attached hydrogen (secondary N) is 1. The van der Waals surface area contributed by atoms with Crippen LogP contribution >= 0.6 is 0 Å². The first-order valence-corrected chi connectivity index (χ1v) is 8.05. The third-order valence-electron chi connectivity index (χ3n) is 4.15. The first-order valence-electron chi connectivity index (χ1n) is 8.05. The molecule has 0 bridgehead atoms. The van der Waals surface area contributed by atoms with Gasteiger partial charge in [0.25, 0.3) is 0 Å². The average Bonchev–Trinajstić information content (AvgIpc) is 2.41. The molecule has 0 spiro atoms. The maximum atomic E-state index is 12.1. The van der Waals surface area contributed by atoms with Crippen molar-refractivity contribution >= 4 is 12.1 Å². The van der Waals surface area contributed by atoms with Crippen LogP contribution in [0.4, 0.5) is 4.79 Å². The monoisotopic (exact) mass is 321 g/mol. The van der Waals surface area contributed by atoms with E-state index in [0.29, 0.717) is 12.5 Å². The number of carbonyl (C=O) groups excluding carboxylic acids is 1. The fourth-order valence-electron chi connectivity index (χ4n) is 3.06. The molecule has 23 heavy (non-hydrogen) atoms. The summed E-state index contributed by atoms with van der Waals surface area (Å²) in [7, 11) is 0. The Hall–Kier alpha value is -2.04. The van der Waals surface area contributed by atoms with Crippen LogP contribution in [0.3, 0.4) is 0 Å². The van der Waals surface area contributed by atoms with Crippen molar-refractivity contribution in [3.63, 3.8) is 0 Å². The predicted octanol–water partition coefficient (Wildman–Crippen LogP) is 3.76. The minimum absolute atomic E-state index is 0.172. The van der Waals surface area contributed by atoms with Crippen molar-refractivity contribution in [2.45, 2.75) is 58.9 Å². The van der Waals surface area contributed by atoms with Crippen molar-refractivity contribution in [2.24, 2.45) is 5.92 Å². The molecule has 1 fully saturated rings. The number of hydrogen-bond acceptors (Lipinski definition) is 2. The van der Waals surface area contributed by atoms with Crippen molar-refractivity contribution in [3.8, 4) is 0 Å². The van der Waals surface area contributed by atoms with Gasteiger partial charge in [0.05, 0.1) is 6.42 Å². The summed E-state index contributed by atoms with van der Waals surface area (Å²) in [6, 6.07) is 6.69. The maximum Gasteiger partial charge on any atom is 0.503 e. The summed E-state index contributed by atoms with van der Waals surface area (Å²) in [6.45, 7) is 6.45. The Kier molecular flexibility index (Phi) is 7.59. The van der Waals surface area contributed by atoms with Crippen molar-refractivity contribution < 1.29 is 19.8 Å². The number of hydrogen-bond donors (Lipinski definition) is 3. The van der Waals surface area contributed by atoms with E-state index in [1.54, 1.807) is 0 Å². The Balaban J connectivity index is 0.000000593. The van der Waals surface area contributed by atoms with Gasteiger partial charge in [-0.15, -0.1) is 0 Å². The highest BCUT2D eigenvalue weighted by Crippen LogP contribution is 2.23. The molecule has 1 amide bonds. The molecular formula is C18H27NO4. The Morgan fingerprint density at radius 1 is 1.22 bits per heavy atom. The van der Waals surface area contributed by atoms with Crippen LogP contribution in [0, 0.1) is 19.8 Å². The number of benzene rings is 1. The molecule has 128 valence electrons. The molecule has 5 nitrogen and oxygen atoms in total. The highest BCUT2D eigenvalue weighted by atomic mass is 16.6. The minimum Gasteiger partial charge on any atom is -0.450 e. The smallest absolute Gasteiger partial charge is 0.450 e. The lowest BCUT2D eigenvalue weighted by Gasteiger charge is -2.27. The molecule has 5 heteroatoms. The van der Waals surface area contributed by atoms with Gasteiger partial charge >= 0.3 is 6.16 Å². The van der Waals surface area contributed by atoms with Gasteiger partial charge in [-0.05, 0) is 43.7 Å². The molecule has 0 aliphatic heterocycles. The minimum atomic E-state index is -1.83. The zero-order valence-corrected chi connectivity index (χ0v) is 14.1. The van der Waals surface area contributed by atoms with Crippen LogP contribution in [0.15, 0.2) is 18.2 Å². The quantitative estimate of drug-likeness (QED) is 0.791. The number of carboxylic acid groups (broad SMARTS) is 2. The van der Waals surface area contributed by atoms with E-state index in [2.05, 4.69) is 44.3 Å². The molecule has 2 rings (SSSR count). The molecule has 0 radical (unpaired) electrons. The Morgan fingerprint density at radius 3 is 2.43 bits per heavy atom. The summed E-state index contributed by atoms with van der Waals surface area (Å²) in [6.07, 6.45) is 3.51. The Morgan fingerprint density at radius 2 is 1.87 bits per heavy atom. The standard InChI is InChI=1S/C17H25NO.CH2O3/c1-12-5-4-6-16(10-12)18-17(19)11-15-8-7-13(2)9-14(15)3;2-1(3)4/h7-9,12,16H,4-6,10-11H2,1-3H3,(H,18,19);(H2,2,3,4). The van der Waals surface area contributed by atoms with Crippen LogP contribution in [0.25, 0.3) is 0 Å². The molecular weight excluding hydrogens is 294 g/mol. The molecule has 1 aliphatic carbocycles. The van der Waals surface area contributed by atoms with Gasteiger partial charge in [0.2, 0.25) is 5.91 Å². The Bertz CT molecular complexity index is 538. The summed E-state index contributed by atoms with van der Waals surface area (Å²) in [5.74, 6) is 0.922. The fraction of sp³-hybridized carbons (Fsp3) is 0.556. The molecule has 0 heterocycles. The molecule has 0 aromatic heterocycles. The molecule has 2 atom stereocenters. The highest BCUT2D eigenvalue weighted by Gasteiger charge is 2.20. The van der Waals surface area contributed by atoms with Gasteiger partial charge in [0.15, 0.2) is 0 Å². The lowest BCUT2D eigenvalue weighted by Crippen LogP contribution is -2.38. The highest BCUT2D eigenvalue weighted by molar-refractivity contribution is 5.79. The summed E-state index contributed by atoms with van der Waals surface area (Å²) < 4.78 is 0. The van der Waals surface area contributed by atoms with E-state index >= 15 is 0 Å². The zero-order valence-electron chi connectivity index (χ0n) is 14.1. The number of aryl methyl sites for hydroxylation is 2. The molecule has 2 unspecified atom stereocenters. The molecule has 1 saturated carbocycles. The van der Waals surface area contributed by atoms with Gasteiger partial charge in [-0.25, -0.2) is 4.79 Å². The van der Waals surface area contributed by atoms with Crippen LogP contribution in [0.2, 0.25) is 0 Å². The third kappa shape index (κ3) is 7.68. The molecule has 1 aliphatic rings. The topological polar surface area (TPSA) is 86.6 Å². The van der Waals surface area contributed by atoms with E-state index in [1.165, 1.54) is 24.0 Å². The molecule has 1 aromatic carbocycles. The first-order chi connectivity index (χ1) is 10.8. The summed E-state index contributed by atoms with van der Waals surface area (Å²) in [4.78, 5) is 20.7. The van der Waals surface area contributed by atoms with Gasteiger partial charge in [-0.1, -0.05) is 43.5 Å². The second-order valence-corrected chi connectivity index (χ2v) is 6.43. The second-order valence-electron chi connectivity index (χ2n) is 6.43. The van der Waals surface area contributed by atoms with Crippen LogP contribution < -0.4 is 5.32 Å². The van der Waals surface area contributed by atoms with Crippen molar-refractivity contribution in [2.75, 3.05) is 0 Å².